The number of carbonyl (C=O) groups is 1. The second-order valence-corrected chi connectivity index (χ2v) is 5.34. The molecule has 1 fully saturated rings. The first-order valence-corrected chi connectivity index (χ1v) is 6.79. The van der Waals surface area contributed by atoms with Crippen molar-refractivity contribution >= 4 is 5.91 Å². The first kappa shape index (κ1) is 12.9. The van der Waals surface area contributed by atoms with Gasteiger partial charge in [0.25, 0.3) is 5.91 Å². The highest BCUT2D eigenvalue weighted by atomic mass is 19.1. The summed E-state index contributed by atoms with van der Waals surface area (Å²) in [6.45, 7) is 0.604. The number of rotatable bonds is 4. The third-order valence-corrected chi connectivity index (χ3v) is 3.93. The van der Waals surface area contributed by atoms with Crippen LogP contribution >= 0.6 is 0 Å². The molecule has 2 aromatic carbocycles. The van der Waals surface area contributed by atoms with Crippen LogP contribution in [0.5, 0.6) is 0 Å². The predicted octanol–water partition coefficient (Wildman–Crippen LogP) is 3.29. The van der Waals surface area contributed by atoms with Crippen LogP contribution in [0.4, 0.5) is 4.39 Å². The lowest BCUT2D eigenvalue weighted by atomic mass is 9.96. The molecule has 1 aliphatic carbocycles. The van der Waals surface area contributed by atoms with Gasteiger partial charge < -0.3 is 5.32 Å². The van der Waals surface area contributed by atoms with Crippen LogP contribution in [0, 0.1) is 5.82 Å². The fourth-order valence-electron chi connectivity index (χ4n) is 2.46. The van der Waals surface area contributed by atoms with Crippen molar-refractivity contribution in [2.45, 2.75) is 18.3 Å². The molecular formula is C17H16FNO. The van der Waals surface area contributed by atoms with Crippen molar-refractivity contribution < 1.29 is 9.18 Å². The fourth-order valence-corrected chi connectivity index (χ4v) is 2.46. The minimum absolute atomic E-state index is 0.00184. The SMILES string of the molecule is O=C(NCC1(c2ccc(F)cc2)CC1)c1ccccc1. The Hall–Kier alpha value is -2.16. The molecule has 3 heteroatoms. The number of amides is 1. The van der Waals surface area contributed by atoms with E-state index in [2.05, 4.69) is 5.32 Å². The summed E-state index contributed by atoms with van der Waals surface area (Å²) in [6, 6.07) is 15.8. The molecule has 2 nitrogen and oxygen atoms in total. The maximum Gasteiger partial charge on any atom is 0.251 e. The van der Waals surface area contributed by atoms with Gasteiger partial charge in [0.1, 0.15) is 5.82 Å². The molecule has 1 amide bonds. The van der Waals surface area contributed by atoms with Gasteiger partial charge in [-0.25, -0.2) is 4.39 Å². The largest absolute Gasteiger partial charge is 0.351 e. The lowest BCUT2D eigenvalue weighted by Crippen LogP contribution is -2.32. The van der Waals surface area contributed by atoms with Crippen LogP contribution < -0.4 is 5.32 Å². The second-order valence-electron chi connectivity index (χ2n) is 5.34. The molecular weight excluding hydrogens is 253 g/mol. The van der Waals surface area contributed by atoms with Gasteiger partial charge >= 0.3 is 0 Å². The minimum Gasteiger partial charge on any atom is -0.351 e. The number of hydrogen-bond acceptors (Lipinski definition) is 1. The van der Waals surface area contributed by atoms with Crippen LogP contribution in [0.1, 0.15) is 28.8 Å². The van der Waals surface area contributed by atoms with Crippen LogP contribution in [0.3, 0.4) is 0 Å². The molecule has 0 spiro atoms. The van der Waals surface area contributed by atoms with E-state index in [0.717, 1.165) is 18.4 Å². The summed E-state index contributed by atoms with van der Waals surface area (Å²) in [5.41, 5.74) is 1.77. The van der Waals surface area contributed by atoms with E-state index in [4.69, 9.17) is 0 Å². The first-order chi connectivity index (χ1) is 9.70. The summed E-state index contributed by atoms with van der Waals surface area (Å²) in [4.78, 5) is 12.0. The summed E-state index contributed by atoms with van der Waals surface area (Å²) in [6.07, 6.45) is 2.07. The molecule has 1 aliphatic rings. The summed E-state index contributed by atoms with van der Waals surface area (Å²) in [7, 11) is 0. The van der Waals surface area contributed by atoms with E-state index >= 15 is 0 Å². The molecule has 102 valence electrons. The van der Waals surface area contributed by atoms with Gasteiger partial charge in [-0.1, -0.05) is 30.3 Å². The van der Waals surface area contributed by atoms with E-state index in [1.54, 1.807) is 12.1 Å². The molecule has 1 N–H and O–H groups in total. The first-order valence-electron chi connectivity index (χ1n) is 6.79. The number of carbonyl (C=O) groups excluding carboxylic acids is 1. The van der Waals surface area contributed by atoms with Crippen LogP contribution in [0.15, 0.2) is 54.6 Å². The molecule has 0 bridgehead atoms. The Kier molecular flexibility index (Phi) is 3.26. The van der Waals surface area contributed by atoms with E-state index in [-0.39, 0.29) is 17.1 Å². The number of nitrogens with one attached hydrogen (secondary N) is 1. The van der Waals surface area contributed by atoms with Gasteiger partial charge in [0.2, 0.25) is 0 Å². The molecule has 20 heavy (non-hydrogen) atoms. The standard InChI is InChI=1S/C17H16FNO/c18-15-8-6-14(7-9-15)17(10-11-17)12-19-16(20)13-4-2-1-3-5-13/h1-9H,10-12H2,(H,19,20). The predicted molar refractivity (Wildman–Crippen MR) is 76.1 cm³/mol. The number of hydrogen-bond donors (Lipinski definition) is 1. The van der Waals surface area contributed by atoms with Crippen molar-refractivity contribution in [2.24, 2.45) is 0 Å². The Labute approximate surface area is 117 Å². The van der Waals surface area contributed by atoms with Gasteiger partial charge in [-0.2, -0.15) is 0 Å². The van der Waals surface area contributed by atoms with Crippen molar-refractivity contribution in [3.05, 3.63) is 71.5 Å². The van der Waals surface area contributed by atoms with Crippen molar-refractivity contribution in [1.29, 1.82) is 0 Å². The molecule has 1 saturated carbocycles. The van der Waals surface area contributed by atoms with Crippen LogP contribution in [-0.4, -0.2) is 12.5 Å². The monoisotopic (exact) mass is 269 g/mol. The maximum atomic E-state index is 13.0. The van der Waals surface area contributed by atoms with Gasteiger partial charge in [-0.3, -0.25) is 4.79 Å². The molecule has 3 rings (SSSR count). The van der Waals surface area contributed by atoms with Crippen LogP contribution in [-0.2, 0) is 5.41 Å². The fraction of sp³-hybridized carbons (Fsp3) is 0.235. The van der Waals surface area contributed by atoms with Crippen molar-refractivity contribution in [1.82, 2.24) is 5.32 Å². The second kappa shape index (κ2) is 5.08. The highest BCUT2D eigenvalue weighted by Crippen LogP contribution is 2.47. The third kappa shape index (κ3) is 2.57. The van der Waals surface area contributed by atoms with E-state index < -0.39 is 0 Å². The third-order valence-electron chi connectivity index (χ3n) is 3.93. The summed E-state index contributed by atoms with van der Waals surface area (Å²) in [5, 5.41) is 2.98. The number of halogens is 1. The van der Waals surface area contributed by atoms with Crippen molar-refractivity contribution in [2.75, 3.05) is 6.54 Å². The Bertz CT molecular complexity index is 603. The Morgan fingerprint density at radius 3 is 2.30 bits per heavy atom. The van der Waals surface area contributed by atoms with Gasteiger partial charge in [-0.05, 0) is 42.7 Å². The highest BCUT2D eigenvalue weighted by Gasteiger charge is 2.44. The summed E-state index contributed by atoms with van der Waals surface area (Å²) >= 11 is 0. The van der Waals surface area contributed by atoms with Gasteiger partial charge in [0.05, 0.1) is 0 Å². The van der Waals surface area contributed by atoms with Gasteiger partial charge in [-0.15, -0.1) is 0 Å². The lowest BCUT2D eigenvalue weighted by Gasteiger charge is -2.16. The number of benzene rings is 2. The Balaban J connectivity index is 1.66. The molecule has 0 aliphatic heterocycles. The highest BCUT2D eigenvalue weighted by molar-refractivity contribution is 5.94. The summed E-state index contributed by atoms with van der Waals surface area (Å²) in [5.74, 6) is -0.281. The molecule has 0 radical (unpaired) electrons. The quantitative estimate of drug-likeness (QED) is 0.906. The zero-order valence-corrected chi connectivity index (χ0v) is 11.1. The zero-order chi connectivity index (χ0) is 14.0. The van der Waals surface area contributed by atoms with E-state index in [9.17, 15) is 9.18 Å². The van der Waals surface area contributed by atoms with Crippen LogP contribution in [0.2, 0.25) is 0 Å². The molecule has 0 heterocycles. The van der Waals surface area contributed by atoms with Crippen molar-refractivity contribution in [3.63, 3.8) is 0 Å². The van der Waals surface area contributed by atoms with Gasteiger partial charge in [0, 0.05) is 17.5 Å². The molecule has 0 unspecified atom stereocenters. The Morgan fingerprint density at radius 2 is 1.70 bits per heavy atom. The summed E-state index contributed by atoms with van der Waals surface area (Å²) < 4.78 is 13.0. The Morgan fingerprint density at radius 1 is 1.05 bits per heavy atom. The zero-order valence-electron chi connectivity index (χ0n) is 11.1. The smallest absolute Gasteiger partial charge is 0.251 e. The average Bonchev–Trinajstić information content (AvgIpc) is 3.27. The topological polar surface area (TPSA) is 29.1 Å². The van der Waals surface area contributed by atoms with E-state index in [1.807, 2.05) is 30.3 Å². The lowest BCUT2D eigenvalue weighted by molar-refractivity contribution is 0.0949. The molecule has 0 saturated heterocycles. The molecule has 0 atom stereocenters. The van der Waals surface area contributed by atoms with E-state index in [0.29, 0.717) is 12.1 Å². The normalized spacial score (nSPS) is 15.7. The molecule has 2 aromatic rings. The maximum absolute atomic E-state index is 13.0. The molecule has 0 aromatic heterocycles. The minimum atomic E-state index is -0.224. The average molecular weight is 269 g/mol. The van der Waals surface area contributed by atoms with Crippen LogP contribution in [0.25, 0.3) is 0 Å². The van der Waals surface area contributed by atoms with Gasteiger partial charge in [0.15, 0.2) is 0 Å². The van der Waals surface area contributed by atoms with Crippen molar-refractivity contribution in [3.8, 4) is 0 Å². The van der Waals surface area contributed by atoms with E-state index in [1.165, 1.54) is 12.1 Å².